The summed E-state index contributed by atoms with van der Waals surface area (Å²) in [5.74, 6) is -2.18. The summed E-state index contributed by atoms with van der Waals surface area (Å²) in [6.07, 6.45) is -9.99. The zero-order chi connectivity index (χ0) is 28.7. The van der Waals surface area contributed by atoms with E-state index in [1.165, 1.54) is 18.2 Å². The van der Waals surface area contributed by atoms with E-state index in [4.69, 9.17) is 0 Å². The first kappa shape index (κ1) is 26.0. The van der Waals surface area contributed by atoms with Gasteiger partial charge in [-0.05, 0) is 77.6 Å². The topological polar surface area (TPSA) is 34.1 Å². The van der Waals surface area contributed by atoms with E-state index in [9.17, 15) is 35.9 Å². The molecule has 6 rings (SSSR count). The van der Waals surface area contributed by atoms with Crippen LogP contribution in [-0.4, -0.2) is 11.6 Å². The number of carbonyl (C=O) groups is 2. The van der Waals surface area contributed by atoms with Gasteiger partial charge in [-0.15, -0.1) is 0 Å². The van der Waals surface area contributed by atoms with Crippen molar-refractivity contribution in [1.82, 2.24) is 0 Å². The van der Waals surface area contributed by atoms with E-state index in [1.807, 2.05) is 38.1 Å². The second-order valence-corrected chi connectivity index (χ2v) is 10.5. The molecule has 0 N–H and O–H groups in total. The average Bonchev–Trinajstić information content (AvgIpc) is 3.33. The molecule has 2 aliphatic carbocycles. The molecule has 0 saturated heterocycles. The Morgan fingerprint density at radius 2 is 0.900 bits per heavy atom. The van der Waals surface area contributed by atoms with Crippen LogP contribution in [0.2, 0.25) is 0 Å². The molecule has 202 valence electrons. The third-order valence-corrected chi connectivity index (χ3v) is 7.68. The van der Waals surface area contributed by atoms with Crippen molar-refractivity contribution < 1.29 is 35.9 Å². The molecule has 2 nitrogen and oxygen atoms in total. The molecule has 0 radical (unpaired) electrons. The third kappa shape index (κ3) is 4.13. The summed E-state index contributed by atoms with van der Waals surface area (Å²) in [7, 11) is 0. The fourth-order valence-electron chi connectivity index (χ4n) is 5.98. The predicted molar refractivity (Wildman–Crippen MR) is 137 cm³/mol. The average molecular weight is 550 g/mol. The maximum Gasteiger partial charge on any atom is 0.416 e. The molecule has 4 aromatic rings. The number of alkyl halides is 6. The Hall–Kier alpha value is -4.20. The first-order valence-electron chi connectivity index (χ1n) is 12.5. The van der Waals surface area contributed by atoms with Crippen molar-refractivity contribution in [2.75, 3.05) is 0 Å². The molecule has 2 atom stereocenters. The summed E-state index contributed by atoms with van der Waals surface area (Å²) in [6, 6.07) is 16.9. The second-order valence-electron chi connectivity index (χ2n) is 10.5. The molecular weight excluding hydrogens is 530 g/mol. The number of fused-ring (bicyclic) bond motifs is 5. The van der Waals surface area contributed by atoms with Gasteiger partial charge >= 0.3 is 12.4 Å². The molecule has 0 fully saturated rings. The molecule has 4 aromatic carbocycles. The van der Waals surface area contributed by atoms with Crippen LogP contribution in [0.1, 0.15) is 65.9 Å². The van der Waals surface area contributed by atoms with Gasteiger partial charge in [-0.3, -0.25) is 9.59 Å². The summed E-state index contributed by atoms with van der Waals surface area (Å²) in [5, 5.41) is 0. The highest BCUT2D eigenvalue weighted by Crippen LogP contribution is 2.53. The van der Waals surface area contributed by atoms with Crippen molar-refractivity contribution in [3.63, 3.8) is 0 Å². The standard InChI is InChI=1S/C32H20F6O2/c1-15-7-16(2)9-19(8-15)17-3-5-23-25(12-17)29(39)28-24-6-4-18(13-26(24)30(40)27(23)28)20-10-21(31(33,34)35)14-22(11-20)32(36,37)38/h3-14,27-28H,1-2H3. The Kier molecular flexibility index (Phi) is 5.63. The van der Waals surface area contributed by atoms with Crippen LogP contribution in [-0.2, 0) is 12.4 Å². The van der Waals surface area contributed by atoms with E-state index in [-0.39, 0.29) is 34.3 Å². The maximum atomic E-state index is 13.6. The van der Waals surface area contributed by atoms with Gasteiger partial charge in [0.2, 0.25) is 0 Å². The fraction of sp³-hybridized carbons (Fsp3) is 0.188. The molecule has 40 heavy (non-hydrogen) atoms. The van der Waals surface area contributed by atoms with Gasteiger partial charge in [0.25, 0.3) is 0 Å². The molecule has 2 unspecified atom stereocenters. The molecule has 0 aromatic heterocycles. The Morgan fingerprint density at radius 3 is 1.30 bits per heavy atom. The number of carbonyl (C=O) groups excluding carboxylic acids is 2. The van der Waals surface area contributed by atoms with Crippen LogP contribution in [0.3, 0.4) is 0 Å². The molecular formula is C32H20F6O2. The highest BCUT2D eigenvalue weighted by Gasteiger charge is 2.51. The molecule has 0 aliphatic heterocycles. The summed E-state index contributed by atoms with van der Waals surface area (Å²) >= 11 is 0. The Bertz CT molecular complexity index is 1690. The minimum Gasteiger partial charge on any atom is -0.293 e. The van der Waals surface area contributed by atoms with Crippen molar-refractivity contribution >= 4 is 11.6 Å². The van der Waals surface area contributed by atoms with Gasteiger partial charge in [-0.2, -0.15) is 26.3 Å². The lowest BCUT2D eigenvalue weighted by Gasteiger charge is -2.15. The van der Waals surface area contributed by atoms with E-state index in [0.29, 0.717) is 28.8 Å². The monoisotopic (exact) mass is 550 g/mol. The largest absolute Gasteiger partial charge is 0.416 e. The maximum absolute atomic E-state index is 13.6. The van der Waals surface area contributed by atoms with Gasteiger partial charge in [0.05, 0.1) is 23.0 Å². The summed E-state index contributed by atoms with van der Waals surface area (Å²) < 4.78 is 80.3. The summed E-state index contributed by atoms with van der Waals surface area (Å²) in [4.78, 5) is 27.1. The molecule has 0 bridgehead atoms. The number of hydrogen-bond donors (Lipinski definition) is 0. The lowest BCUT2D eigenvalue weighted by molar-refractivity contribution is -0.143. The smallest absolute Gasteiger partial charge is 0.293 e. The van der Waals surface area contributed by atoms with Crippen molar-refractivity contribution in [2.24, 2.45) is 0 Å². The highest BCUT2D eigenvalue weighted by molar-refractivity contribution is 6.20. The molecule has 0 heterocycles. The fourth-order valence-corrected chi connectivity index (χ4v) is 5.98. The minimum atomic E-state index is -4.99. The van der Waals surface area contributed by atoms with Crippen LogP contribution in [0, 0.1) is 13.8 Å². The van der Waals surface area contributed by atoms with Crippen LogP contribution in [0.25, 0.3) is 22.3 Å². The van der Waals surface area contributed by atoms with Crippen LogP contribution >= 0.6 is 0 Å². The third-order valence-electron chi connectivity index (χ3n) is 7.68. The Labute approximate surface area is 225 Å². The Morgan fingerprint density at radius 1 is 0.500 bits per heavy atom. The number of hydrogen-bond acceptors (Lipinski definition) is 2. The number of rotatable bonds is 2. The summed E-state index contributed by atoms with van der Waals surface area (Å²) in [6.45, 7) is 3.96. The normalized spacial score (nSPS) is 18.1. The zero-order valence-corrected chi connectivity index (χ0v) is 21.2. The van der Waals surface area contributed by atoms with Crippen molar-refractivity contribution in [3.8, 4) is 22.3 Å². The van der Waals surface area contributed by atoms with Gasteiger partial charge in [0.1, 0.15) is 0 Å². The van der Waals surface area contributed by atoms with Crippen molar-refractivity contribution in [3.05, 3.63) is 117 Å². The van der Waals surface area contributed by atoms with Gasteiger partial charge < -0.3 is 0 Å². The lowest BCUT2D eigenvalue weighted by atomic mass is 9.92. The number of benzene rings is 4. The van der Waals surface area contributed by atoms with E-state index in [2.05, 4.69) is 0 Å². The van der Waals surface area contributed by atoms with Gasteiger partial charge in [0, 0.05) is 11.1 Å². The van der Waals surface area contributed by atoms with E-state index in [1.54, 1.807) is 12.1 Å². The van der Waals surface area contributed by atoms with Crippen LogP contribution in [0.15, 0.2) is 72.8 Å². The number of aryl methyl sites for hydroxylation is 2. The molecule has 2 aliphatic rings. The quantitative estimate of drug-likeness (QED) is 0.234. The first-order valence-corrected chi connectivity index (χ1v) is 12.5. The van der Waals surface area contributed by atoms with E-state index in [0.717, 1.165) is 22.3 Å². The molecule has 0 spiro atoms. The SMILES string of the molecule is Cc1cc(C)cc(-c2ccc3c(c2)C(=O)C2c4ccc(-c5cc(C(F)(F)F)cc(C(F)(F)F)c5)cc4C(=O)C32)c1. The molecule has 0 saturated carbocycles. The van der Waals surface area contributed by atoms with Crippen molar-refractivity contribution in [2.45, 2.75) is 38.0 Å². The number of Topliss-reactive ketones (excluding diaryl/α,β-unsaturated/α-hetero) is 2. The summed E-state index contributed by atoms with van der Waals surface area (Å²) in [5.41, 5.74) is 2.34. The van der Waals surface area contributed by atoms with Gasteiger partial charge in [0.15, 0.2) is 11.6 Å². The minimum absolute atomic E-state index is 0.0292. The van der Waals surface area contributed by atoms with Crippen LogP contribution in [0.4, 0.5) is 26.3 Å². The van der Waals surface area contributed by atoms with Crippen LogP contribution in [0.5, 0.6) is 0 Å². The highest BCUT2D eigenvalue weighted by atomic mass is 19.4. The lowest BCUT2D eigenvalue weighted by Crippen LogP contribution is -2.11. The van der Waals surface area contributed by atoms with Gasteiger partial charge in [-0.1, -0.05) is 53.6 Å². The first-order chi connectivity index (χ1) is 18.7. The van der Waals surface area contributed by atoms with Gasteiger partial charge in [-0.25, -0.2) is 0 Å². The van der Waals surface area contributed by atoms with Crippen LogP contribution < -0.4 is 0 Å². The molecule has 8 heteroatoms. The zero-order valence-electron chi connectivity index (χ0n) is 21.2. The van der Waals surface area contributed by atoms with E-state index < -0.39 is 35.3 Å². The number of ketones is 2. The van der Waals surface area contributed by atoms with Crippen molar-refractivity contribution in [1.29, 1.82) is 0 Å². The van der Waals surface area contributed by atoms with E-state index >= 15 is 0 Å². The Balaban J connectivity index is 1.40. The second kappa shape index (κ2) is 8.65. The number of halogens is 6. The molecule has 0 amide bonds. The predicted octanol–water partition coefficient (Wildman–Crippen LogP) is 8.94.